The zero-order valence-corrected chi connectivity index (χ0v) is 12.2. The van der Waals surface area contributed by atoms with Crippen LogP contribution < -0.4 is 10.1 Å². The van der Waals surface area contributed by atoms with E-state index in [1.54, 1.807) is 0 Å². The molecule has 0 amide bonds. The van der Waals surface area contributed by atoms with Crippen molar-refractivity contribution < 1.29 is 31.8 Å². The minimum atomic E-state index is -4.87. The molecule has 0 fully saturated rings. The summed E-state index contributed by atoms with van der Waals surface area (Å²) in [7, 11) is 0. The van der Waals surface area contributed by atoms with E-state index in [-0.39, 0.29) is 11.3 Å². The summed E-state index contributed by atoms with van der Waals surface area (Å²) in [6.45, 7) is 0. The molecule has 3 aromatic rings. The van der Waals surface area contributed by atoms with Crippen LogP contribution in [-0.4, -0.2) is 21.4 Å². The molecule has 2 heterocycles. The fourth-order valence-corrected chi connectivity index (χ4v) is 2.20. The third-order valence-electron chi connectivity index (χ3n) is 3.31. The van der Waals surface area contributed by atoms with Crippen molar-refractivity contribution in [3.63, 3.8) is 0 Å². The Morgan fingerprint density at radius 1 is 1.16 bits per heavy atom. The minimum absolute atomic E-state index is 0.145. The fraction of sp³-hybridized carbons (Fsp3) is 0.133. The minimum Gasteiger partial charge on any atom is -0.388 e. The lowest BCUT2D eigenvalue weighted by molar-refractivity contribution is -0.276. The van der Waals surface area contributed by atoms with Crippen LogP contribution in [0.4, 0.5) is 27.6 Å². The molecule has 0 spiro atoms. The first-order valence-electron chi connectivity index (χ1n) is 6.85. The summed E-state index contributed by atoms with van der Waals surface area (Å²) in [5.74, 6) is -2.75. The monoisotopic (exact) mass is 359 g/mol. The van der Waals surface area contributed by atoms with Crippen LogP contribution in [0.2, 0.25) is 0 Å². The second kappa shape index (κ2) is 6.20. The Kier molecular flexibility index (Phi) is 4.21. The number of hydrogen-bond donors (Lipinski definition) is 3. The first kappa shape index (κ1) is 17.0. The zero-order valence-electron chi connectivity index (χ0n) is 12.2. The van der Waals surface area contributed by atoms with E-state index >= 15 is 0 Å². The number of nitrogens with zero attached hydrogens (tertiary/aromatic N) is 1. The number of rotatable bonds is 4. The maximum Gasteiger partial charge on any atom is 0.574 e. The molecule has 0 saturated heterocycles. The number of ether oxygens (including phenoxy) is 1. The van der Waals surface area contributed by atoms with Crippen LogP contribution in [0.1, 0.15) is 11.8 Å². The summed E-state index contributed by atoms with van der Waals surface area (Å²) in [5.41, 5.74) is 0.726. The van der Waals surface area contributed by atoms with Crippen LogP contribution in [0, 0.1) is 11.6 Å². The van der Waals surface area contributed by atoms with Crippen LogP contribution in [-0.2, 0) is 0 Å². The number of aliphatic hydroxyl groups excluding tert-OH is 1. The molecule has 1 unspecified atom stereocenters. The van der Waals surface area contributed by atoms with E-state index in [4.69, 9.17) is 0 Å². The van der Waals surface area contributed by atoms with Gasteiger partial charge in [-0.3, -0.25) is 0 Å². The van der Waals surface area contributed by atoms with Gasteiger partial charge in [0.25, 0.3) is 0 Å². The number of aliphatic hydroxyl groups is 1. The van der Waals surface area contributed by atoms with Crippen LogP contribution >= 0.6 is 0 Å². The summed E-state index contributed by atoms with van der Waals surface area (Å²) >= 11 is 0. The molecule has 0 radical (unpaired) electrons. The normalized spacial score (nSPS) is 13.0. The summed E-state index contributed by atoms with van der Waals surface area (Å²) in [5, 5.41) is 13.0. The van der Waals surface area contributed by atoms with Crippen molar-refractivity contribution in [2.24, 2.45) is 0 Å². The van der Waals surface area contributed by atoms with Crippen LogP contribution in [0.3, 0.4) is 0 Å². The highest BCUT2D eigenvalue weighted by atomic mass is 19.4. The van der Waals surface area contributed by atoms with Gasteiger partial charge in [-0.2, -0.15) is 0 Å². The van der Waals surface area contributed by atoms with E-state index in [0.717, 1.165) is 24.4 Å². The van der Waals surface area contributed by atoms with Gasteiger partial charge in [0, 0.05) is 35.5 Å². The Hall–Kier alpha value is -2.88. The number of pyridine rings is 1. The molecule has 0 bridgehead atoms. The van der Waals surface area contributed by atoms with E-state index in [1.165, 1.54) is 12.3 Å². The Labute approximate surface area is 137 Å². The SMILES string of the molecule is OC(Nc1c[nH]c2cc(F)c(F)cc12)c1ccc(OC(F)(F)F)nc1. The van der Waals surface area contributed by atoms with Gasteiger partial charge in [-0.05, 0) is 12.1 Å². The summed E-state index contributed by atoms with van der Waals surface area (Å²) in [6.07, 6.45) is -3.83. The van der Waals surface area contributed by atoms with Crippen molar-refractivity contribution in [3.8, 4) is 5.88 Å². The second-order valence-electron chi connectivity index (χ2n) is 5.04. The molecule has 132 valence electrons. The predicted octanol–water partition coefficient (Wildman–Crippen LogP) is 3.84. The topological polar surface area (TPSA) is 70.2 Å². The molecule has 25 heavy (non-hydrogen) atoms. The van der Waals surface area contributed by atoms with Gasteiger partial charge in [0.1, 0.15) is 0 Å². The number of aromatic amines is 1. The van der Waals surface area contributed by atoms with Crippen LogP contribution in [0.25, 0.3) is 10.9 Å². The van der Waals surface area contributed by atoms with Gasteiger partial charge in [0.05, 0.1) is 11.2 Å². The van der Waals surface area contributed by atoms with Gasteiger partial charge in [-0.1, -0.05) is 0 Å². The summed E-state index contributed by atoms with van der Waals surface area (Å²) < 4.78 is 66.4. The van der Waals surface area contributed by atoms with Gasteiger partial charge in [-0.15, -0.1) is 13.2 Å². The molecular weight excluding hydrogens is 349 g/mol. The number of halogens is 5. The quantitative estimate of drug-likeness (QED) is 0.489. The van der Waals surface area contributed by atoms with Gasteiger partial charge in [0.2, 0.25) is 5.88 Å². The molecule has 0 aliphatic rings. The largest absolute Gasteiger partial charge is 0.574 e. The summed E-state index contributed by atoms with van der Waals surface area (Å²) in [6, 6.07) is 4.04. The molecule has 2 aromatic heterocycles. The maximum atomic E-state index is 13.4. The number of fused-ring (bicyclic) bond motifs is 1. The van der Waals surface area contributed by atoms with E-state index in [2.05, 4.69) is 20.0 Å². The number of anilines is 1. The van der Waals surface area contributed by atoms with Crippen LogP contribution in [0.5, 0.6) is 5.88 Å². The lowest BCUT2D eigenvalue weighted by Gasteiger charge is -2.14. The van der Waals surface area contributed by atoms with Crippen molar-refractivity contribution in [2.75, 3.05) is 5.32 Å². The molecule has 0 saturated carbocycles. The number of hydrogen-bond acceptors (Lipinski definition) is 4. The predicted molar refractivity (Wildman–Crippen MR) is 77.7 cm³/mol. The highest BCUT2D eigenvalue weighted by molar-refractivity contribution is 5.92. The average Bonchev–Trinajstić information content (AvgIpc) is 2.89. The average molecular weight is 359 g/mol. The third-order valence-corrected chi connectivity index (χ3v) is 3.31. The third kappa shape index (κ3) is 3.79. The lowest BCUT2D eigenvalue weighted by Crippen LogP contribution is -2.18. The molecular formula is C15H10F5N3O2. The van der Waals surface area contributed by atoms with Crippen molar-refractivity contribution in [3.05, 3.63) is 53.9 Å². The summed E-state index contributed by atoms with van der Waals surface area (Å²) in [4.78, 5) is 6.15. The smallest absolute Gasteiger partial charge is 0.388 e. The van der Waals surface area contributed by atoms with E-state index < -0.39 is 30.1 Å². The highest BCUT2D eigenvalue weighted by Gasteiger charge is 2.31. The van der Waals surface area contributed by atoms with Gasteiger partial charge >= 0.3 is 6.36 Å². The number of aromatic nitrogens is 2. The molecule has 5 nitrogen and oxygen atoms in total. The van der Waals surface area contributed by atoms with Gasteiger partial charge in [-0.25, -0.2) is 13.8 Å². The Bertz CT molecular complexity index is 893. The Morgan fingerprint density at radius 2 is 1.88 bits per heavy atom. The lowest BCUT2D eigenvalue weighted by atomic mass is 10.2. The maximum absolute atomic E-state index is 13.4. The van der Waals surface area contributed by atoms with E-state index in [0.29, 0.717) is 10.9 Å². The van der Waals surface area contributed by atoms with Crippen molar-refractivity contribution >= 4 is 16.6 Å². The molecule has 0 aliphatic heterocycles. The number of nitrogens with one attached hydrogen (secondary N) is 2. The number of benzene rings is 1. The standard InChI is InChI=1S/C15H10F5N3O2/c16-9-3-8-11(4-10(9)17)21-6-12(8)23-14(24)7-1-2-13(22-5-7)25-15(18,19)20/h1-6,14,21,23-24H. The van der Waals surface area contributed by atoms with Crippen molar-refractivity contribution in [1.29, 1.82) is 0 Å². The Morgan fingerprint density at radius 3 is 2.52 bits per heavy atom. The first-order valence-corrected chi connectivity index (χ1v) is 6.85. The second-order valence-corrected chi connectivity index (χ2v) is 5.04. The molecule has 10 heteroatoms. The Balaban J connectivity index is 1.78. The molecule has 1 atom stereocenters. The highest BCUT2D eigenvalue weighted by Crippen LogP contribution is 2.28. The molecule has 0 aliphatic carbocycles. The first-order chi connectivity index (χ1) is 11.7. The number of H-pyrrole nitrogens is 1. The molecule has 1 aromatic carbocycles. The van der Waals surface area contributed by atoms with E-state index in [1.807, 2.05) is 0 Å². The van der Waals surface area contributed by atoms with Gasteiger partial charge < -0.3 is 20.1 Å². The fourth-order valence-electron chi connectivity index (χ4n) is 2.20. The van der Waals surface area contributed by atoms with Crippen molar-refractivity contribution in [1.82, 2.24) is 9.97 Å². The zero-order chi connectivity index (χ0) is 18.2. The van der Waals surface area contributed by atoms with E-state index in [9.17, 15) is 27.1 Å². The molecule has 3 N–H and O–H groups in total. The molecule has 3 rings (SSSR count). The van der Waals surface area contributed by atoms with Crippen LogP contribution in [0.15, 0.2) is 36.7 Å². The van der Waals surface area contributed by atoms with Crippen molar-refractivity contribution in [2.45, 2.75) is 12.6 Å². The van der Waals surface area contributed by atoms with Gasteiger partial charge in [0.15, 0.2) is 17.9 Å². The number of alkyl halides is 3.